The van der Waals surface area contributed by atoms with Gasteiger partial charge in [0.2, 0.25) is 0 Å². The zero-order valence-corrected chi connectivity index (χ0v) is 9.64. The van der Waals surface area contributed by atoms with E-state index in [1.54, 1.807) is 0 Å². The predicted molar refractivity (Wildman–Crippen MR) is 57.8 cm³/mol. The lowest BCUT2D eigenvalue weighted by atomic mass is 10.0. The second-order valence-corrected chi connectivity index (χ2v) is 4.03. The molecule has 0 aromatic carbocycles. The zero-order chi connectivity index (χ0) is 9.90. The van der Waals surface area contributed by atoms with Crippen molar-refractivity contribution in [2.75, 3.05) is 27.2 Å². The fourth-order valence-corrected chi connectivity index (χ4v) is 2.79. The molecular formula is C11H24N2. The molecule has 0 amide bonds. The van der Waals surface area contributed by atoms with Crippen LogP contribution in [-0.4, -0.2) is 42.6 Å². The van der Waals surface area contributed by atoms with E-state index in [9.17, 15) is 0 Å². The SMILES string of the molecule is CC.CN1CCCC12CCCN2C. The van der Waals surface area contributed by atoms with Crippen molar-refractivity contribution in [1.82, 2.24) is 9.80 Å². The Balaban J connectivity index is 0.000000396. The molecule has 2 saturated heterocycles. The molecule has 1 spiro atoms. The van der Waals surface area contributed by atoms with E-state index >= 15 is 0 Å². The highest BCUT2D eigenvalue weighted by atomic mass is 15.4. The maximum absolute atomic E-state index is 2.54. The van der Waals surface area contributed by atoms with Crippen LogP contribution in [0.2, 0.25) is 0 Å². The van der Waals surface area contributed by atoms with Gasteiger partial charge in [-0.2, -0.15) is 0 Å². The average molecular weight is 184 g/mol. The van der Waals surface area contributed by atoms with E-state index in [2.05, 4.69) is 23.9 Å². The van der Waals surface area contributed by atoms with Crippen LogP contribution in [0.5, 0.6) is 0 Å². The summed E-state index contributed by atoms with van der Waals surface area (Å²) in [6.07, 6.45) is 5.56. The Morgan fingerprint density at radius 2 is 1.23 bits per heavy atom. The maximum Gasteiger partial charge on any atom is 0.0733 e. The monoisotopic (exact) mass is 184 g/mol. The van der Waals surface area contributed by atoms with Crippen LogP contribution in [0.4, 0.5) is 0 Å². The molecule has 2 nitrogen and oxygen atoms in total. The van der Waals surface area contributed by atoms with E-state index < -0.39 is 0 Å². The lowest BCUT2D eigenvalue weighted by molar-refractivity contribution is 0.0387. The van der Waals surface area contributed by atoms with Crippen molar-refractivity contribution >= 4 is 0 Å². The molecule has 2 aliphatic heterocycles. The molecule has 0 radical (unpaired) electrons. The molecule has 2 aliphatic rings. The van der Waals surface area contributed by atoms with E-state index in [4.69, 9.17) is 0 Å². The van der Waals surface area contributed by atoms with Crippen LogP contribution in [-0.2, 0) is 0 Å². The topological polar surface area (TPSA) is 6.48 Å². The molecular weight excluding hydrogens is 160 g/mol. The second kappa shape index (κ2) is 4.43. The Morgan fingerprint density at radius 3 is 1.46 bits per heavy atom. The summed E-state index contributed by atoms with van der Waals surface area (Å²) in [6.45, 7) is 6.59. The van der Waals surface area contributed by atoms with Crippen LogP contribution >= 0.6 is 0 Å². The van der Waals surface area contributed by atoms with Gasteiger partial charge in [-0.1, -0.05) is 13.8 Å². The Labute approximate surface area is 82.9 Å². The summed E-state index contributed by atoms with van der Waals surface area (Å²) in [5, 5.41) is 0. The van der Waals surface area contributed by atoms with Crippen molar-refractivity contribution in [2.24, 2.45) is 0 Å². The predicted octanol–water partition coefficient (Wildman–Crippen LogP) is 2.16. The minimum absolute atomic E-state index is 0.472. The number of hydrogen-bond donors (Lipinski definition) is 0. The Morgan fingerprint density at radius 1 is 0.846 bits per heavy atom. The lowest BCUT2D eigenvalue weighted by Gasteiger charge is -2.38. The van der Waals surface area contributed by atoms with Crippen molar-refractivity contribution in [3.8, 4) is 0 Å². The van der Waals surface area contributed by atoms with Gasteiger partial charge in [0, 0.05) is 0 Å². The molecule has 0 aromatic heterocycles. The van der Waals surface area contributed by atoms with Crippen LogP contribution in [0, 0.1) is 0 Å². The molecule has 78 valence electrons. The first-order valence-electron chi connectivity index (χ1n) is 5.68. The van der Waals surface area contributed by atoms with E-state index in [1.165, 1.54) is 38.8 Å². The van der Waals surface area contributed by atoms with Gasteiger partial charge in [0.15, 0.2) is 0 Å². The van der Waals surface area contributed by atoms with Crippen LogP contribution in [0.3, 0.4) is 0 Å². The molecule has 13 heavy (non-hydrogen) atoms. The molecule has 0 aromatic rings. The van der Waals surface area contributed by atoms with Crippen LogP contribution in [0.1, 0.15) is 39.5 Å². The Kier molecular flexibility index (Phi) is 3.74. The summed E-state index contributed by atoms with van der Waals surface area (Å²) in [6, 6.07) is 0. The minimum Gasteiger partial charge on any atom is -0.288 e. The number of nitrogens with zero attached hydrogens (tertiary/aromatic N) is 2. The van der Waals surface area contributed by atoms with Gasteiger partial charge in [0.05, 0.1) is 5.66 Å². The van der Waals surface area contributed by atoms with Gasteiger partial charge in [0.25, 0.3) is 0 Å². The molecule has 0 atom stereocenters. The lowest BCUT2D eigenvalue weighted by Crippen LogP contribution is -2.50. The normalized spacial score (nSPS) is 27.7. The largest absolute Gasteiger partial charge is 0.288 e. The first kappa shape index (κ1) is 11.0. The molecule has 0 unspecified atom stereocenters. The third-order valence-electron chi connectivity index (χ3n) is 3.56. The van der Waals surface area contributed by atoms with Crippen LogP contribution < -0.4 is 0 Å². The quantitative estimate of drug-likeness (QED) is 0.569. The van der Waals surface area contributed by atoms with Crippen LogP contribution in [0.15, 0.2) is 0 Å². The van der Waals surface area contributed by atoms with Gasteiger partial charge in [-0.15, -0.1) is 0 Å². The van der Waals surface area contributed by atoms with Gasteiger partial charge in [-0.25, -0.2) is 0 Å². The number of rotatable bonds is 0. The second-order valence-electron chi connectivity index (χ2n) is 4.03. The van der Waals surface area contributed by atoms with Crippen molar-refractivity contribution < 1.29 is 0 Å². The minimum atomic E-state index is 0.472. The molecule has 2 rings (SSSR count). The number of hydrogen-bond acceptors (Lipinski definition) is 2. The summed E-state index contributed by atoms with van der Waals surface area (Å²) < 4.78 is 0. The molecule has 0 bridgehead atoms. The fraction of sp³-hybridized carbons (Fsp3) is 1.00. The molecule has 2 fully saturated rings. The average Bonchev–Trinajstić information content (AvgIpc) is 2.68. The van der Waals surface area contributed by atoms with E-state index in [1.807, 2.05) is 13.8 Å². The van der Waals surface area contributed by atoms with Crippen molar-refractivity contribution in [3.05, 3.63) is 0 Å². The summed E-state index contributed by atoms with van der Waals surface area (Å²) in [5.41, 5.74) is 0.472. The smallest absolute Gasteiger partial charge is 0.0733 e. The Bertz CT molecular complexity index is 138. The van der Waals surface area contributed by atoms with Crippen molar-refractivity contribution in [3.63, 3.8) is 0 Å². The van der Waals surface area contributed by atoms with Gasteiger partial charge < -0.3 is 0 Å². The summed E-state index contributed by atoms with van der Waals surface area (Å²) in [5.74, 6) is 0. The highest BCUT2D eigenvalue weighted by Crippen LogP contribution is 2.38. The molecule has 2 heterocycles. The summed E-state index contributed by atoms with van der Waals surface area (Å²) in [7, 11) is 4.55. The molecule has 0 aliphatic carbocycles. The molecule has 2 heteroatoms. The van der Waals surface area contributed by atoms with E-state index in [0.29, 0.717) is 5.66 Å². The standard InChI is InChI=1S/C9H18N2.C2H6/c1-10-7-3-5-9(10)6-4-8-11(9)2;1-2/h3-8H2,1-2H3;1-2H3. The van der Waals surface area contributed by atoms with Gasteiger partial charge in [0.1, 0.15) is 0 Å². The molecule has 0 saturated carbocycles. The summed E-state index contributed by atoms with van der Waals surface area (Å²) >= 11 is 0. The van der Waals surface area contributed by atoms with Crippen molar-refractivity contribution in [1.29, 1.82) is 0 Å². The number of likely N-dealkylation sites (tertiary alicyclic amines) is 2. The van der Waals surface area contributed by atoms with Crippen molar-refractivity contribution in [2.45, 2.75) is 45.2 Å². The third-order valence-corrected chi connectivity index (χ3v) is 3.56. The highest BCUT2D eigenvalue weighted by molar-refractivity contribution is 4.96. The first-order valence-corrected chi connectivity index (χ1v) is 5.68. The fourth-order valence-electron chi connectivity index (χ4n) is 2.79. The third kappa shape index (κ3) is 1.75. The summed E-state index contributed by atoms with van der Waals surface area (Å²) in [4.78, 5) is 5.08. The van der Waals surface area contributed by atoms with E-state index in [-0.39, 0.29) is 0 Å². The first-order chi connectivity index (χ1) is 6.26. The van der Waals surface area contributed by atoms with Gasteiger partial charge in [-0.05, 0) is 52.9 Å². The van der Waals surface area contributed by atoms with Gasteiger partial charge >= 0.3 is 0 Å². The van der Waals surface area contributed by atoms with E-state index in [0.717, 1.165) is 0 Å². The zero-order valence-electron chi connectivity index (χ0n) is 9.64. The maximum atomic E-state index is 2.54. The van der Waals surface area contributed by atoms with Crippen LogP contribution in [0.25, 0.3) is 0 Å². The highest BCUT2D eigenvalue weighted by Gasteiger charge is 2.44. The van der Waals surface area contributed by atoms with Gasteiger partial charge in [-0.3, -0.25) is 9.80 Å². The Hall–Kier alpha value is -0.0800. The molecule has 0 N–H and O–H groups in total.